The molecule has 1 fully saturated rings. The number of nitrogens with two attached hydrogens (primary N) is 1. The number of rotatable bonds is 1. The van der Waals surface area contributed by atoms with Crippen LogP contribution in [0.15, 0.2) is 12.5 Å². The quantitative estimate of drug-likeness (QED) is 0.643. The normalized spacial score (nSPS) is 30.4. The number of hydrogen-bond donors (Lipinski definition) is 2. The van der Waals surface area contributed by atoms with E-state index in [-0.39, 0.29) is 12.1 Å². The van der Waals surface area contributed by atoms with Gasteiger partial charge in [0.15, 0.2) is 0 Å². The minimum absolute atomic E-state index is 0.173. The third-order valence-electron chi connectivity index (χ3n) is 2.18. The van der Waals surface area contributed by atoms with Gasteiger partial charge in [-0.2, -0.15) is 0 Å². The largest absolute Gasteiger partial charge is 0.370 e. The number of aromatic nitrogens is 2. The molecular weight excluding hydrogens is 154 g/mol. The van der Waals surface area contributed by atoms with E-state index in [1.807, 2.05) is 6.20 Å². The lowest BCUT2D eigenvalue weighted by atomic mass is 10.0. The van der Waals surface area contributed by atoms with Gasteiger partial charge in [0, 0.05) is 6.04 Å². The van der Waals surface area contributed by atoms with Crippen molar-refractivity contribution in [3.8, 4) is 0 Å². The van der Waals surface area contributed by atoms with Crippen LogP contribution in [0.25, 0.3) is 0 Å². The smallest absolute Gasteiger partial charge is 0.0989 e. The van der Waals surface area contributed by atoms with Crippen molar-refractivity contribution in [1.82, 2.24) is 9.97 Å². The fourth-order valence-corrected chi connectivity index (χ4v) is 1.46. The van der Waals surface area contributed by atoms with E-state index in [1.54, 1.807) is 6.33 Å². The number of imidazole rings is 1. The van der Waals surface area contributed by atoms with E-state index < -0.39 is 0 Å². The lowest BCUT2D eigenvalue weighted by Gasteiger charge is -2.25. The lowest BCUT2D eigenvalue weighted by Crippen LogP contribution is -2.32. The minimum atomic E-state index is 0.173. The van der Waals surface area contributed by atoms with Gasteiger partial charge in [-0.3, -0.25) is 0 Å². The zero-order chi connectivity index (χ0) is 8.39. The van der Waals surface area contributed by atoms with E-state index >= 15 is 0 Å². The Morgan fingerprint density at radius 2 is 2.50 bits per heavy atom. The van der Waals surface area contributed by atoms with Crippen molar-refractivity contribution < 1.29 is 4.74 Å². The van der Waals surface area contributed by atoms with Gasteiger partial charge in [-0.05, 0) is 12.8 Å². The van der Waals surface area contributed by atoms with E-state index in [4.69, 9.17) is 10.5 Å². The molecule has 4 nitrogen and oxygen atoms in total. The fourth-order valence-electron chi connectivity index (χ4n) is 1.46. The average molecular weight is 167 g/mol. The van der Waals surface area contributed by atoms with Crippen LogP contribution in [-0.4, -0.2) is 22.6 Å². The average Bonchev–Trinajstić information content (AvgIpc) is 2.58. The topological polar surface area (TPSA) is 63.9 Å². The van der Waals surface area contributed by atoms with Gasteiger partial charge in [0.1, 0.15) is 0 Å². The fraction of sp³-hybridized carbons (Fsp3) is 0.625. The van der Waals surface area contributed by atoms with Gasteiger partial charge in [-0.25, -0.2) is 4.98 Å². The van der Waals surface area contributed by atoms with Crippen LogP contribution < -0.4 is 5.73 Å². The molecule has 1 aliphatic rings. The number of ether oxygens (including phenoxy) is 1. The highest BCUT2D eigenvalue weighted by Gasteiger charge is 2.20. The second kappa shape index (κ2) is 3.25. The zero-order valence-corrected chi connectivity index (χ0v) is 6.86. The Kier molecular flexibility index (Phi) is 2.10. The molecule has 1 aliphatic heterocycles. The first kappa shape index (κ1) is 7.76. The van der Waals surface area contributed by atoms with Gasteiger partial charge >= 0.3 is 0 Å². The second-order valence-electron chi connectivity index (χ2n) is 3.17. The number of nitrogens with one attached hydrogen (secondary N) is 1. The van der Waals surface area contributed by atoms with E-state index in [1.165, 1.54) is 0 Å². The summed E-state index contributed by atoms with van der Waals surface area (Å²) < 4.78 is 5.54. The molecule has 2 rings (SSSR count). The molecular formula is C8H13N3O. The Morgan fingerprint density at radius 3 is 3.08 bits per heavy atom. The molecule has 0 aromatic carbocycles. The molecule has 3 N–H and O–H groups in total. The summed E-state index contributed by atoms with van der Waals surface area (Å²) in [6, 6.07) is 0.212. The SMILES string of the molecule is NC1CCC(c2cnc[nH]2)OC1. The maximum Gasteiger partial charge on any atom is 0.0989 e. The van der Waals surface area contributed by atoms with Crippen molar-refractivity contribution in [2.24, 2.45) is 5.73 Å². The molecule has 1 aromatic rings. The van der Waals surface area contributed by atoms with Crippen molar-refractivity contribution in [2.75, 3.05) is 6.61 Å². The molecule has 2 unspecified atom stereocenters. The van der Waals surface area contributed by atoms with E-state index in [9.17, 15) is 0 Å². The van der Waals surface area contributed by atoms with Gasteiger partial charge < -0.3 is 15.5 Å². The first-order valence-electron chi connectivity index (χ1n) is 4.21. The second-order valence-corrected chi connectivity index (χ2v) is 3.17. The summed E-state index contributed by atoms with van der Waals surface area (Å²) in [6.07, 6.45) is 5.68. The molecule has 0 bridgehead atoms. The minimum Gasteiger partial charge on any atom is -0.370 e. The molecule has 0 aliphatic carbocycles. The Bertz CT molecular complexity index is 226. The van der Waals surface area contributed by atoms with Gasteiger partial charge in [-0.1, -0.05) is 0 Å². The van der Waals surface area contributed by atoms with Crippen LogP contribution in [0.1, 0.15) is 24.6 Å². The van der Waals surface area contributed by atoms with E-state index in [0.29, 0.717) is 6.61 Å². The van der Waals surface area contributed by atoms with Crippen LogP contribution in [0.4, 0.5) is 0 Å². The molecule has 0 radical (unpaired) electrons. The third kappa shape index (κ3) is 1.49. The molecule has 2 heterocycles. The Balaban J connectivity index is 1.99. The highest BCUT2D eigenvalue weighted by molar-refractivity contribution is 5.00. The Labute approximate surface area is 71.1 Å². The van der Waals surface area contributed by atoms with Crippen LogP contribution in [0, 0.1) is 0 Å². The Hall–Kier alpha value is -0.870. The highest BCUT2D eigenvalue weighted by Crippen LogP contribution is 2.25. The lowest BCUT2D eigenvalue weighted by molar-refractivity contribution is 0.00186. The molecule has 0 amide bonds. The van der Waals surface area contributed by atoms with Crippen LogP contribution >= 0.6 is 0 Å². The van der Waals surface area contributed by atoms with E-state index in [2.05, 4.69) is 9.97 Å². The first-order valence-corrected chi connectivity index (χ1v) is 4.21. The standard InChI is InChI=1S/C8H13N3O/c9-6-1-2-8(12-4-6)7-3-10-5-11-7/h3,5-6,8H,1-2,4,9H2,(H,10,11). The summed E-state index contributed by atoms with van der Waals surface area (Å²) in [4.78, 5) is 6.99. The molecule has 0 saturated carbocycles. The molecule has 66 valence electrons. The maximum absolute atomic E-state index is 5.70. The van der Waals surface area contributed by atoms with E-state index in [0.717, 1.165) is 18.5 Å². The third-order valence-corrected chi connectivity index (χ3v) is 2.18. The summed E-state index contributed by atoms with van der Waals surface area (Å²) in [5.41, 5.74) is 6.76. The van der Waals surface area contributed by atoms with Gasteiger partial charge in [0.25, 0.3) is 0 Å². The predicted octanol–water partition coefficient (Wildman–Crippen LogP) is 0.588. The summed E-state index contributed by atoms with van der Waals surface area (Å²) in [5.74, 6) is 0. The van der Waals surface area contributed by atoms with Crippen LogP contribution in [0.2, 0.25) is 0 Å². The number of nitrogens with zero attached hydrogens (tertiary/aromatic N) is 1. The van der Waals surface area contributed by atoms with Crippen molar-refractivity contribution >= 4 is 0 Å². The molecule has 1 aromatic heterocycles. The molecule has 2 atom stereocenters. The molecule has 1 saturated heterocycles. The predicted molar refractivity (Wildman–Crippen MR) is 44.5 cm³/mol. The molecule has 4 heteroatoms. The van der Waals surface area contributed by atoms with Crippen molar-refractivity contribution in [2.45, 2.75) is 25.0 Å². The van der Waals surface area contributed by atoms with Crippen LogP contribution in [-0.2, 0) is 4.74 Å². The van der Waals surface area contributed by atoms with Crippen LogP contribution in [0.3, 0.4) is 0 Å². The summed E-state index contributed by atoms with van der Waals surface area (Å²) in [7, 11) is 0. The zero-order valence-electron chi connectivity index (χ0n) is 6.86. The van der Waals surface area contributed by atoms with Gasteiger partial charge in [0.05, 0.1) is 30.9 Å². The number of H-pyrrole nitrogens is 1. The monoisotopic (exact) mass is 167 g/mol. The van der Waals surface area contributed by atoms with Crippen molar-refractivity contribution in [3.05, 3.63) is 18.2 Å². The van der Waals surface area contributed by atoms with Gasteiger partial charge in [-0.15, -0.1) is 0 Å². The Morgan fingerprint density at radius 1 is 1.58 bits per heavy atom. The number of aromatic amines is 1. The van der Waals surface area contributed by atoms with Gasteiger partial charge in [0.2, 0.25) is 0 Å². The van der Waals surface area contributed by atoms with Crippen molar-refractivity contribution in [1.29, 1.82) is 0 Å². The maximum atomic E-state index is 5.70. The number of hydrogen-bond acceptors (Lipinski definition) is 3. The summed E-state index contributed by atoms with van der Waals surface area (Å²) in [5, 5.41) is 0. The van der Waals surface area contributed by atoms with Crippen molar-refractivity contribution in [3.63, 3.8) is 0 Å². The summed E-state index contributed by atoms with van der Waals surface area (Å²) >= 11 is 0. The first-order chi connectivity index (χ1) is 5.86. The molecule has 0 spiro atoms. The molecule has 12 heavy (non-hydrogen) atoms. The highest BCUT2D eigenvalue weighted by atomic mass is 16.5. The van der Waals surface area contributed by atoms with Crippen LogP contribution in [0.5, 0.6) is 0 Å². The summed E-state index contributed by atoms with van der Waals surface area (Å²) in [6.45, 7) is 0.656.